The van der Waals surface area contributed by atoms with Crippen LogP contribution in [0.5, 0.6) is 0 Å². The summed E-state index contributed by atoms with van der Waals surface area (Å²) in [4.78, 5) is 11.8. The first-order valence-corrected chi connectivity index (χ1v) is 14.9. The van der Waals surface area contributed by atoms with Crippen LogP contribution in [0.25, 0.3) is 11.1 Å². The van der Waals surface area contributed by atoms with Gasteiger partial charge < -0.3 is 9.84 Å². The van der Waals surface area contributed by atoms with Crippen molar-refractivity contribution in [2.24, 2.45) is 5.92 Å². The molecule has 218 valence electrons. The van der Waals surface area contributed by atoms with Gasteiger partial charge in [-0.2, -0.15) is 0 Å². The first kappa shape index (κ1) is 31.7. The summed E-state index contributed by atoms with van der Waals surface area (Å²) in [5, 5.41) is 9.03. The third-order valence-corrected chi connectivity index (χ3v) is 8.30. The summed E-state index contributed by atoms with van der Waals surface area (Å²) in [6.07, 6.45) is 11.9. The number of ether oxygens (including phenoxy) is 1. The second-order valence-electron chi connectivity index (χ2n) is 11.6. The van der Waals surface area contributed by atoms with Gasteiger partial charge in [-0.25, -0.2) is 13.6 Å². The Hall–Kier alpha value is -2.79. The van der Waals surface area contributed by atoms with Crippen LogP contribution in [0.4, 0.5) is 8.78 Å². The number of carbonyl (C=O) groups is 1. The number of unbranched alkanes of at least 4 members (excludes halogenated alkanes) is 3. The maximum Gasteiger partial charge on any atom is 0.335 e. The summed E-state index contributed by atoms with van der Waals surface area (Å²) in [7, 11) is 0. The van der Waals surface area contributed by atoms with Crippen molar-refractivity contribution in [1.82, 2.24) is 0 Å². The van der Waals surface area contributed by atoms with Gasteiger partial charge in [-0.05, 0) is 92.0 Å². The summed E-state index contributed by atoms with van der Waals surface area (Å²) < 4.78 is 35.8. The fourth-order valence-corrected chi connectivity index (χ4v) is 5.93. The Kier molecular flexibility index (Phi) is 12.6. The van der Waals surface area contributed by atoms with Crippen LogP contribution in [0.1, 0.15) is 107 Å². The molecule has 3 rings (SSSR count). The highest BCUT2D eigenvalue weighted by molar-refractivity contribution is 5.87. The molecular weight excluding hydrogens is 506 g/mol. The Balaban J connectivity index is 1.65. The summed E-state index contributed by atoms with van der Waals surface area (Å²) in [5.41, 5.74) is 3.35. The molecule has 0 aliphatic heterocycles. The lowest BCUT2D eigenvalue weighted by atomic mass is 9.76. The van der Waals surface area contributed by atoms with Crippen molar-refractivity contribution in [1.29, 1.82) is 0 Å². The van der Waals surface area contributed by atoms with Gasteiger partial charge in [0.1, 0.15) is 11.6 Å². The first-order chi connectivity index (χ1) is 19.2. The molecule has 0 bridgehead atoms. The summed E-state index contributed by atoms with van der Waals surface area (Å²) in [6.45, 7) is 11.3. The largest absolute Gasteiger partial charge is 0.462 e. The van der Waals surface area contributed by atoms with Gasteiger partial charge in [0.05, 0.1) is 18.8 Å². The van der Waals surface area contributed by atoms with Gasteiger partial charge in [-0.15, -0.1) is 6.58 Å². The molecule has 0 spiro atoms. The minimum Gasteiger partial charge on any atom is -0.462 e. The van der Waals surface area contributed by atoms with E-state index in [1.807, 2.05) is 25.1 Å². The Morgan fingerprint density at radius 1 is 1.02 bits per heavy atom. The van der Waals surface area contributed by atoms with E-state index in [0.717, 1.165) is 48.3 Å². The number of hydrogen-bond donors (Lipinski definition) is 1. The standard InChI is InChI=1S/C35H46F2O3/c1-5-6-7-8-9-26-10-12-27(13-11-26)31-17-15-30(22-34(31)37)32-16-14-28(21-33(32)36)29(20-24(2)3)18-19-40-35(39)25(4)23-38/h14-17,21-22,26-27,29,38H,2,4-13,18-20,23H2,1,3H3. The van der Waals surface area contributed by atoms with Crippen molar-refractivity contribution in [3.8, 4) is 11.1 Å². The smallest absolute Gasteiger partial charge is 0.335 e. The molecule has 3 nitrogen and oxygen atoms in total. The Labute approximate surface area is 239 Å². The molecule has 40 heavy (non-hydrogen) atoms. The zero-order valence-electron chi connectivity index (χ0n) is 24.3. The molecule has 2 aromatic carbocycles. The van der Waals surface area contributed by atoms with E-state index in [-0.39, 0.29) is 29.8 Å². The van der Waals surface area contributed by atoms with Crippen LogP contribution in [0, 0.1) is 17.6 Å². The molecule has 1 N–H and O–H groups in total. The Morgan fingerprint density at radius 3 is 2.40 bits per heavy atom. The van der Waals surface area contributed by atoms with Gasteiger partial charge in [0.2, 0.25) is 0 Å². The molecule has 5 heteroatoms. The molecule has 0 amide bonds. The molecule has 0 heterocycles. The van der Waals surface area contributed by atoms with Gasteiger partial charge >= 0.3 is 5.97 Å². The zero-order chi connectivity index (χ0) is 29.1. The van der Waals surface area contributed by atoms with Crippen LogP contribution < -0.4 is 0 Å². The number of benzene rings is 2. The highest BCUT2D eigenvalue weighted by atomic mass is 19.1. The number of aliphatic hydroxyl groups is 1. The van der Waals surface area contributed by atoms with Crippen molar-refractivity contribution in [2.45, 2.75) is 96.3 Å². The molecule has 0 radical (unpaired) electrons. The highest BCUT2D eigenvalue weighted by Gasteiger charge is 2.25. The van der Waals surface area contributed by atoms with E-state index < -0.39 is 18.4 Å². The van der Waals surface area contributed by atoms with Gasteiger partial charge in [-0.1, -0.05) is 75.4 Å². The van der Waals surface area contributed by atoms with Gasteiger partial charge in [-0.3, -0.25) is 0 Å². The molecular formula is C35H46F2O3. The fourth-order valence-electron chi connectivity index (χ4n) is 5.93. The lowest BCUT2D eigenvalue weighted by Crippen LogP contribution is -2.14. The van der Waals surface area contributed by atoms with E-state index >= 15 is 8.78 Å². The van der Waals surface area contributed by atoms with Gasteiger partial charge in [0.15, 0.2) is 0 Å². The van der Waals surface area contributed by atoms with Crippen LogP contribution in [-0.4, -0.2) is 24.3 Å². The topological polar surface area (TPSA) is 46.5 Å². The SMILES string of the molecule is C=C(C)CC(CCOC(=O)C(=C)CO)c1ccc(-c2ccc(C3CCC(CCCCCC)CC3)c(F)c2)c(F)c1. The fraction of sp³-hybridized carbons (Fsp3) is 0.514. The average Bonchev–Trinajstić information content (AvgIpc) is 2.94. The van der Waals surface area contributed by atoms with Gasteiger partial charge in [0.25, 0.3) is 0 Å². The third kappa shape index (κ3) is 9.12. The molecule has 1 saturated carbocycles. The normalized spacial score (nSPS) is 17.8. The van der Waals surface area contributed by atoms with E-state index in [1.165, 1.54) is 44.2 Å². The number of esters is 1. The minimum absolute atomic E-state index is 0.00409. The number of allylic oxidation sites excluding steroid dienone is 1. The van der Waals surface area contributed by atoms with Crippen LogP contribution in [-0.2, 0) is 9.53 Å². The molecule has 0 saturated heterocycles. The zero-order valence-corrected chi connectivity index (χ0v) is 24.3. The molecule has 1 unspecified atom stereocenters. The number of aliphatic hydroxyl groups excluding tert-OH is 1. The lowest BCUT2D eigenvalue weighted by Gasteiger charge is -2.29. The molecule has 1 atom stereocenters. The Morgan fingerprint density at radius 2 is 1.77 bits per heavy atom. The molecule has 1 fully saturated rings. The van der Waals surface area contributed by atoms with Crippen molar-refractivity contribution in [3.63, 3.8) is 0 Å². The van der Waals surface area contributed by atoms with Crippen LogP contribution in [0.2, 0.25) is 0 Å². The third-order valence-electron chi connectivity index (χ3n) is 8.30. The van der Waals surface area contributed by atoms with Crippen LogP contribution >= 0.6 is 0 Å². The second-order valence-corrected chi connectivity index (χ2v) is 11.6. The number of rotatable bonds is 15. The highest BCUT2D eigenvalue weighted by Crippen LogP contribution is 2.40. The average molecular weight is 553 g/mol. The second kappa shape index (κ2) is 15.9. The predicted octanol–water partition coefficient (Wildman–Crippen LogP) is 9.41. The summed E-state index contributed by atoms with van der Waals surface area (Å²) in [6, 6.07) is 10.2. The number of carbonyl (C=O) groups excluding carboxylic acids is 1. The summed E-state index contributed by atoms with van der Waals surface area (Å²) in [5.74, 6) is -0.399. The van der Waals surface area contributed by atoms with Crippen molar-refractivity contribution >= 4 is 5.97 Å². The molecule has 1 aliphatic rings. The van der Waals surface area contributed by atoms with E-state index in [0.29, 0.717) is 24.0 Å². The number of halogens is 2. The maximum atomic E-state index is 15.3. The van der Waals surface area contributed by atoms with E-state index in [4.69, 9.17) is 9.84 Å². The lowest BCUT2D eigenvalue weighted by molar-refractivity contribution is -0.139. The molecule has 2 aromatic rings. The van der Waals surface area contributed by atoms with Crippen LogP contribution in [0.3, 0.4) is 0 Å². The predicted molar refractivity (Wildman–Crippen MR) is 159 cm³/mol. The molecule has 0 aromatic heterocycles. The van der Waals surface area contributed by atoms with E-state index in [9.17, 15) is 4.79 Å². The quantitative estimate of drug-likeness (QED) is 0.104. The maximum absolute atomic E-state index is 15.3. The van der Waals surface area contributed by atoms with Crippen molar-refractivity contribution in [3.05, 3.63) is 83.5 Å². The summed E-state index contributed by atoms with van der Waals surface area (Å²) >= 11 is 0. The number of hydrogen-bond acceptors (Lipinski definition) is 3. The first-order valence-electron chi connectivity index (χ1n) is 14.9. The van der Waals surface area contributed by atoms with E-state index in [2.05, 4.69) is 20.1 Å². The molecule has 1 aliphatic carbocycles. The van der Waals surface area contributed by atoms with E-state index in [1.54, 1.807) is 6.07 Å². The Bertz CT molecular complexity index is 1150. The monoisotopic (exact) mass is 552 g/mol. The van der Waals surface area contributed by atoms with Crippen molar-refractivity contribution < 1.29 is 23.4 Å². The van der Waals surface area contributed by atoms with Gasteiger partial charge in [0, 0.05) is 5.56 Å². The van der Waals surface area contributed by atoms with Crippen LogP contribution in [0.15, 0.2) is 60.7 Å². The van der Waals surface area contributed by atoms with Crippen molar-refractivity contribution in [2.75, 3.05) is 13.2 Å². The minimum atomic E-state index is -0.640.